The van der Waals surface area contributed by atoms with Crippen molar-refractivity contribution in [3.05, 3.63) is 29.8 Å². The Kier molecular flexibility index (Phi) is 6.16. The molecule has 3 nitrogen and oxygen atoms in total. The van der Waals surface area contributed by atoms with Gasteiger partial charge in [0.05, 0.1) is 5.56 Å². The first kappa shape index (κ1) is 15.8. The van der Waals surface area contributed by atoms with E-state index in [9.17, 15) is 4.79 Å². The molecule has 0 radical (unpaired) electrons. The van der Waals surface area contributed by atoms with Crippen LogP contribution in [0, 0.1) is 5.92 Å². The third-order valence-corrected chi connectivity index (χ3v) is 3.90. The van der Waals surface area contributed by atoms with E-state index in [1.807, 2.05) is 23.1 Å². The number of halogens is 1. The lowest BCUT2D eigenvalue weighted by Crippen LogP contribution is -2.32. The summed E-state index contributed by atoms with van der Waals surface area (Å²) in [5.41, 5.74) is 7.10. The Labute approximate surface area is 121 Å². The van der Waals surface area contributed by atoms with Gasteiger partial charge in [0, 0.05) is 18.8 Å². The van der Waals surface area contributed by atoms with Crippen LogP contribution in [0.2, 0.25) is 0 Å². The SMILES string of the molecule is CCC1CCCN(C(=O)c2ccccc2N)CC1.Cl. The topological polar surface area (TPSA) is 46.3 Å². The van der Waals surface area contributed by atoms with Crippen LogP contribution in [-0.4, -0.2) is 23.9 Å². The average molecular weight is 283 g/mol. The molecule has 0 aliphatic carbocycles. The maximum Gasteiger partial charge on any atom is 0.255 e. The van der Waals surface area contributed by atoms with Crippen molar-refractivity contribution in [1.29, 1.82) is 0 Å². The van der Waals surface area contributed by atoms with Gasteiger partial charge in [-0.05, 0) is 37.3 Å². The summed E-state index contributed by atoms with van der Waals surface area (Å²) in [6, 6.07) is 7.34. The Morgan fingerprint density at radius 2 is 2.05 bits per heavy atom. The zero-order valence-electron chi connectivity index (χ0n) is 11.5. The van der Waals surface area contributed by atoms with Crippen molar-refractivity contribution in [3.8, 4) is 0 Å². The van der Waals surface area contributed by atoms with Crippen LogP contribution >= 0.6 is 12.4 Å². The van der Waals surface area contributed by atoms with E-state index in [1.165, 1.54) is 12.8 Å². The maximum absolute atomic E-state index is 12.4. The number of anilines is 1. The van der Waals surface area contributed by atoms with E-state index in [-0.39, 0.29) is 18.3 Å². The van der Waals surface area contributed by atoms with E-state index in [0.29, 0.717) is 11.3 Å². The van der Waals surface area contributed by atoms with Crippen molar-refractivity contribution < 1.29 is 4.79 Å². The number of hydrogen-bond acceptors (Lipinski definition) is 2. The molecule has 2 N–H and O–H groups in total. The first-order valence-electron chi connectivity index (χ1n) is 6.86. The normalized spacial score (nSPS) is 19.4. The number of hydrogen-bond donors (Lipinski definition) is 1. The van der Waals surface area contributed by atoms with E-state index in [2.05, 4.69) is 6.92 Å². The van der Waals surface area contributed by atoms with Gasteiger partial charge in [-0.1, -0.05) is 25.5 Å². The van der Waals surface area contributed by atoms with Gasteiger partial charge in [0.1, 0.15) is 0 Å². The van der Waals surface area contributed by atoms with Crippen molar-refractivity contribution in [3.63, 3.8) is 0 Å². The molecule has 1 saturated heterocycles. The summed E-state index contributed by atoms with van der Waals surface area (Å²) in [6.07, 6.45) is 4.69. The fourth-order valence-electron chi connectivity index (χ4n) is 2.64. The molecule has 1 unspecified atom stereocenters. The molecule has 1 aliphatic rings. The second-order valence-electron chi connectivity index (χ2n) is 5.08. The van der Waals surface area contributed by atoms with Crippen LogP contribution in [0.5, 0.6) is 0 Å². The summed E-state index contributed by atoms with van der Waals surface area (Å²) in [5, 5.41) is 0. The van der Waals surface area contributed by atoms with Crippen molar-refractivity contribution in [2.24, 2.45) is 5.92 Å². The number of likely N-dealkylation sites (tertiary alicyclic amines) is 1. The van der Waals surface area contributed by atoms with Crippen LogP contribution in [0.1, 0.15) is 43.0 Å². The van der Waals surface area contributed by atoms with Gasteiger partial charge in [0.15, 0.2) is 0 Å². The number of benzene rings is 1. The Morgan fingerprint density at radius 3 is 2.74 bits per heavy atom. The van der Waals surface area contributed by atoms with Crippen LogP contribution in [-0.2, 0) is 0 Å². The van der Waals surface area contributed by atoms with Gasteiger partial charge in [-0.2, -0.15) is 0 Å². The molecule has 1 aliphatic heterocycles. The lowest BCUT2D eigenvalue weighted by molar-refractivity contribution is 0.0761. The van der Waals surface area contributed by atoms with Crippen LogP contribution in [0.25, 0.3) is 0 Å². The third kappa shape index (κ3) is 3.87. The van der Waals surface area contributed by atoms with Crippen molar-refractivity contribution in [1.82, 2.24) is 4.90 Å². The molecule has 19 heavy (non-hydrogen) atoms. The predicted octanol–water partition coefficient (Wildman–Crippen LogP) is 3.34. The number of carbonyl (C=O) groups is 1. The van der Waals surface area contributed by atoms with Gasteiger partial charge in [-0.3, -0.25) is 4.79 Å². The molecule has 1 aromatic rings. The van der Waals surface area contributed by atoms with E-state index < -0.39 is 0 Å². The first-order valence-corrected chi connectivity index (χ1v) is 6.86. The lowest BCUT2D eigenvalue weighted by Gasteiger charge is -2.21. The standard InChI is InChI=1S/C15H22N2O.ClH/c1-2-12-6-5-10-17(11-9-12)15(18)13-7-3-4-8-14(13)16;/h3-4,7-8,12H,2,5-6,9-11,16H2,1H3;1H. The van der Waals surface area contributed by atoms with Crippen LogP contribution in [0.15, 0.2) is 24.3 Å². The fourth-order valence-corrected chi connectivity index (χ4v) is 2.64. The quantitative estimate of drug-likeness (QED) is 0.846. The minimum absolute atomic E-state index is 0. The molecule has 0 bridgehead atoms. The van der Waals surface area contributed by atoms with E-state index in [1.54, 1.807) is 6.07 Å². The number of para-hydroxylation sites is 1. The van der Waals surface area contributed by atoms with Gasteiger partial charge in [0.25, 0.3) is 5.91 Å². The number of nitrogens with two attached hydrogens (primary N) is 1. The maximum atomic E-state index is 12.4. The minimum atomic E-state index is 0. The van der Waals surface area contributed by atoms with Gasteiger partial charge in [-0.15, -0.1) is 12.4 Å². The summed E-state index contributed by atoms with van der Waals surface area (Å²) in [5.74, 6) is 0.862. The lowest BCUT2D eigenvalue weighted by atomic mass is 9.98. The summed E-state index contributed by atoms with van der Waals surface area (Å²) >= 11 is 0. The molecule has 0 saturated carbocycles. The highest BCUT2D eigenvalue weighted by atomic mass is 35.5. The number of nitrogen functional groups attached to an aromatic ring is 1. The van der Waals surface area contributed by atoms with E-state index >= 15 is 0 Å². The predicted molar refractivity (Wildman–Crippen MR) is 81.6 cm³/mol. The molecule has 106 valence electrons. The van der Waals surface area contributed by atoms with Gasteiger partial charge < -0.3 is 10.6 Å². The smallest absolute Gasteiger partial charge is 0.255 e. The average Bonchev–Trinajstić information content (AvgIpc) is 2.63. The number of rotatable bonds is 2. The second kappa shape index (κ2) is 7.39. The fraction of sp³-hybridized carbons (Fsp3) is 0.533. The molecule has 1 aromatic carbocycles. The Balaban J connectivity index is 0.00000180. The highest BCUT2D eigenvalue weighted by molar-refractivity contribution is 5.99. The first-order chi connectivity index (χ1) is 8.72. The Morgan fingerprint density at radius 1 is 1.32 bits per heavy atom. The largest absolute Gasteiger partial charge is 0.398 e. The van der Waals surface area contributed by atoms with Crippen LogP contribution in [0.3, 0.4) is 0 Å². The summed E-state index contributed by atoms with van der Waals surface area (Å²) in [4.78, 5) is 14.4. The van der Waals surface area contributed by atoms with Gasteiger partial charge in [-0.25, -0.2) is 0 Å². The highest BCUT2D eigenvalue weighted by Crippen LogP contribution is 2.22. The van der Waals surface area contributed by atoms with Crippen LogP contribution in [0.4, 0.5) is 5.69 Å². The van der Waals surface area contributed by atoms with Crippen molar-refractivity contribution >= 4 is 24.0 Å². The van der Waals surface area contributed by atoms with Crippen LogP contribution < -0.4 is 5.73 Å². The number of carbonyl (C=O) groups excluding carboxylic acids is 1. The number of nitrogens with zero attached hydrogens (tertiary/aromatic N) is 1. The number of amides is 1. The zero-order valence-corrected chi connectivity index (χ0v) is 12.3. The molecule has 4 heteroatoms. The molecule has 1 fully saturated rings. The molecule has 0 spiro atoms. The summed E-state index contributed by atoms with van der Waals surface area (Å²) in [6.45, 7) is 3.96. The minimum Gasteiger partial charge on any atom is -0.398 e. The van der Waals surface area contributed by atoms with E-state index in [0.717, 1.165) is 31.8 Å². The summed E-state index contributed by atoms with van der Waals surface area (Å²) in [7, 11) is 0. The monoisotopic (exact) mass is 282 g/mol. The molecular formula is C15H23ClN2O. The zero-order chi connectivity index (χ0) is 13.0. The van der Waals surface area contributed by atoms with Gasteiger partial charge >= 0.3 is 0 Å². The van der Waals surface area contributed by atoms with E-state index in [4.69, 9.17) is 5.73 Å². The molecule has 0 aromatic heterocycles. The highest BCUT2D eigenvalue weighted by Gasteiger charge is 2.21. The van der Waals surface area contributed by atoms with Crippen molar-refractivity contribution in [2.75, 3.05) is 18.8 Å². The second-order valence-corrected chi connectivity index (χ2v) is 5.08. The molecule has 2 rings (SSSR count). The molecule has 1 heterocycles. The molecule has 1 amide bonds. The third-order valence-electron chi connectivity index (χ3n) is 3.90. The summed E-state index contributed by atoms with van der Waals surface area (Å²) < 4.78 is 0. The van der Waals surface area contributed by atoms with Gasteiger partial charge in [0.2, 0.25) is 0 Å². The Hall–Kier alpha value is -1.22. The van der Waals surface area contributed by atoms with Crippen molar-refractivity contribution in [2.45, 2.75) is 32.6 Å². The molecule has 1 atom stereocenters. The Bertz CT molecular complexity index is 422. The molecular weight excluding hydrogens is 260 g/mol.